The van der Waals surface area contributed by atoms with Crippen molar-refractivity contribution in [3.63, 3.8) is 0 Å². The van der Waals surface area contributed by atoms with Gasteiger partial charge in [0, 0.05) is 5.69 Å². The molecule has 5 N–H and O–H groups in total. The molecule has 0 unspecified atom stereocenters. The predicted molar refractivity (Wildman–Crippen MR) is 57.1 cm³/mol. The van der Waals surface area contributed by atoms with E-state index in [-0.39, 0.29) is 11.4 Å². The van der Waals surface area contributed by atoms with E-state index in [0.29, 0.717) is 22.3 Å². The number of aromatic amines is 1. The van der Waals surface area contributed by atoms with Gasteiger partial charge in [-0.25, -0.2) is 4.98 Å². The van der Waals surface area contributed by atoms with Crippen molar-refractivity contribution in [3.8, 4) is 0 Å². The van der Waals surface area contributed by atoms with Crippen molar-refractivity contribution in [1.82, 2.24) is 10.1 Å². The summed E-state index contributed by atoms with van der Waals surface area (Å²) in [5, 5.41) is 3.56. The lowest BCUT2D eigenvalue weighted by Crippen LogP contribution is -2.42. The highest BCUT2D eigenvalue weighted by molar-refractivity contribution is 5.96. The Bertz CT molecular complexity index is 601. The SMILES string of the molecule is Cc1cc2c(=O)[nH][n+](C)c(N)c2c(N)n1. The normalized spacial score (nSPS) is 10.8. The largest absolute Gasteiger partial charge is 0.383 e. The quantitative estimate of drug-likeness (QED) is 0.492. The third kappa shape index (κ3) is 1.30. The summed E-state index contributed by atoms with van der Waals surface area (Å²) in [5.74, 6) is 0.679. The Labute approximate surface area is 85.5 Å². The summed E-state index contributed by atoms with van der Waals surface area (Å²) >= 11 is 0. The van der Waals surface area contributed by atoms with E-state index in [4.69, 9.17) is 11.5 Å². The van der Waals surface area contributed by atoms with Crippen LogP contribution in [0.1, 0.15) is 5.69 Å². The summed E-state index contributed by atoms with van der Waals surface area (Å²) in [6.45, 7) is 1.78. The first-order chi connectivity index (χ1) is 7.00. The molecule has 6 nitrogen and oxygen atoms in total. The second kappa shape index (κ2) is 2.94. The molecule has 0 spiro atoms. The molecule has 0 atom stereocenters. The highest BCUT2D eigenvalue weighted by atomic mass is 16.1. The fourth-order valence-electron chi connectivity index (χ4n) is 1.59. The molecule has 0 aromatic carbocycles. The van der Waals surface area contributed by atoms with Crippen molar-refractivity contribution in [2.24, 2.45) is 7.05 Å². The van der Waals surface area contributed by atoms with E-state index in [2.05, 4.69) is 10.1 Å². The molecule has 2 aromatic rings. The average molecular weight is 206 g/mol. The summed E-state index contributed by atoms with van der Waals surface area (Å²) < 4.78 is 1.43. The number of aromatic nitrogens is 3. The summed E-state index contributed by atoms with van der Waals surface area (Å²) in [6.07, 6.45) is 0. The number of pyridine rings is 1. The van der Waals surface area contributed by atoms with Gasteiger partial charge in [0.1, 0.15) is 18.3 Å². The Hall–Kier alpha value is -2.11. The minimum Gasteiger partial charge on any atom is -0.383 e. The van der Waals surface area contributed by atoms with Gasteiger partial charge in [-0.3, -0.25) is 10.5 Å². The van der Waals surface area contributed by atoms with Gasteiger partial charge in [-0.15, -0.1) is 0 Å². The summed E-state index contributed by atoms with van der Waals surface area (Å²) in [5.41, 5.74) is 12.0. The zero-order valence-electron chi connectivity index (χ0n) is 8.53. The fourth-order valence-corrected chi connectivity index (χ4v) is 1.59. The molecule has 2 aromatic heterocycles. The average Bonchev–Trinajstić information content (AvgIpc) is 2.13. The van der Waals surface area contributed by atoms with Gasteiger partial charge in [-0.2, -0.15) is 9.78 Å². The molecule has 2 heterocycles. The van der Waals surface area contributed by atoms with E-state index < -0.39 is 0 Å². The topological polar surface area (TPSA) is 102 Å². The Morgan fingerprint density at radius 3 is 2.80 bits per heavy atom. The lowest BCUT2D eigenvalue weighted by Gasteiger charge is -2.04. The molecule has 0 aliphatic heterocycles. The van der Waals surface area contributed by atoms with Crippen LogP contribution in [0.2, 0.25) is 0 Å². The van der Waals surface area contributed by atoms with Crippen molar-refractivity contribution in [2.45, 2.75) is 6.92 Å². The van der Waals surface area contributed by atoms with Crippen molar-refractivity contribution in [1.29, 1.82) is 0 Å². The molecule has 0 fully saturated rings. The Morgan fingerprint density at radius 2 is 2.13 bits per heavy atom. The number of fused-ring (bicyclic) bond motifs is 1. The van der Waals surface area contributed by atoms with Crippen LogP contribution in [-0.4, -0.2) is 10.1 Å². The first-order valence-corrected chi connectivity index (χ1v) is 4.45. The molecule has 6 heteroatoms. The number of hydrogen-bond donors (Lipinski definition) is 3. The van der Waals surface area contributed by atoms with Crippen molar-refractivity contribution in [3.05, 3.63) is 22.1 Å². The monoisotopic (exact) mass is 206 g/mol. The number of nitrogens with two attached hydrogens (primary N) is 2. The smallest absolute Gasteiger partial charge is 0.302 e. The predicted octanol–water partition coefficient (Wildman–Crippen LogP) is -0.780. The standard InChI is InChI=1S/C9H11N5O/c1-4-3-5-6(7(10)12-4)8(11)14(2)13-9(5)15/h3H,1-2H3,(H4,10,11,12,13,15)/p+1. The highest BCUT2D eigenvalue weighted by Gasteiger charge is 2.15. The van der Waals surface area contributed by atoms with Gasteiger partial charge in [-0.05, 0) is 13.0 Å². The van der Waals surface area contributed by atoms with Crippen LogP contribution in [0.4, 0.5) is 11.6 Å². The number of hydrogen-bond acceptors (Lipinski definition) is 4. The maximum atomic E-state index is 11.6. The maximum absolute atomic E-state index is 11.6. The molecule has 78 valence electrons. The van der Waals surface area contributed by atoms with Gasteiger partial charge in [0.25, 0.3) is 5.56 Å². The number of anilines is 2. The van der Waals surface area contributed by atoms with Gasteiger partial charge >= 0.3 is 5.82 Å². The number of nitrogen functional groups attached to an aromatic ring is 2. The summed E-state index contributed by atoms with van der Waals surface area (Å²) in [6, 6.07) is 1.67. The second-order valence-electron chi connectivity index (χ2n) is 3.46. The first kappa shape index (κ1) is 9.45. The zero-order valence-corrected chi connectivity index (χ0v) is 8.53. The number of nitrogens with one attached hydrogen (secondary N) is 1. The summed E-state index contributed by atoms with van der Waals surface area (Å²) in [4.78, 5) is 15.7. The van der Waals surface area contributed by atoms with Gasteiger partial charge < -0.3 is 5.73 Å². The number of nitrogens with zero attached hydrogens (tertiary/aromatic N) is 2. The third-order valence-corrected chi connectivity index (χ3v) is 2.31. The second-order valence-corrected chi connectivity index (χ2v) is 3.46. The summed E-state index contributed by atoms with van der Waals surface area (Å²) in [7, 11) is 1.65. The lowest BCUT2D eigenvalue weighted by atomic mass is 10.2. The van der Waals surface area contributed by atoms with Crippen LogP contribution in [0.15, 0.2) is 10.9 Å². The fraction of sp³-hybridized carbons (Fsp3) is 0.222. The molecule has 2 rings (SSSR count). The van der Waals surface area contributed by atoms with Gasteiger partial charge in [0.2, 0.25) is 0 Å². The minimum atomic E-state index is -0.223. The molecule has 0 radical (unpaired) electrons. The van der Waals surface area contributed by atoms with E-state index in [9.17, 15) is 4.79 Å². The zero-order chi connectivity index (χ0) is 11.2. The van der Waals surface area contributed by atoms with Gasteiger partial charge in [0.05, 0.1) is 5.39 Å². The van der Waals surface area contributed by atoms with Gasteiger partial charge in [0.15, 0.2) is 0 Å². The highest BCUT2D eigenvalue weighted by Crippen LogP contribution is 2.19. The van der Waals surface area contributed by atoms with Crippen molar-refractivity contribution < 1.29 is 4.68 Å². The van der Waals surface area contributed by atoms with Crippen molar-refractivity contribution in [2.75, 3.05) is 11.5 Å². The Kier molecular flexibility index (Phi) is 1.85. The number of aryl methyl sites for hydroxylation is 2. The van der Waals surface area contributed by atoms with Crippen LogP contribution in [0.3, 0.4) is 0 Å². The molecule has 0 aliphatic rings. The first-order valence-electron chi connectivity index (χ1n) is 4.45. The van der Waals surface area contributed by atoms with Crippen LogP contribution in [0.5, 0.6) is 0 Å². The van der Waals surface area contributed by atoms with E-state index in [1.807, 2.05) is 0 Å². The molecule has 0 saturated heterocycles. The van der Waals surface area contributed by atoms with E-state index in [0.717, 1.165) is 0 Å². The number of H-pyrrole nitrogens is 1. The van der Waals surface area contributed by atoms with Crippen molar-refractivity contribution >= 4 is 22.4 Å². The molecule has 0 saturated carbocycles. The van der Waals surface area contributed by atoms with Crippen LogP contribution in [0.25, 0.3) is 10.8 Å². The van der Waals surface area contributed by atoms with Crippen LogP contribution in [0, 0.1) is 6.92 Å². The maximum Gasteiger partial charge on any atom is 0.302 e. The van der Waals surface area contributed by atoms with Gasteiger partial charge in [-0.1, -0.05) is 0 Å². The molecule has 0 aliphatic carbocycles. The van der Waals surface area contributed by atoms with E-state index in [1.165, 1.54) is 4.68 Å². The molecule has 0 amide bonds. The Morgan fingerprint density at radius 1 is 1.47 bits per heavy atom. The van der Waals surface area contributed by atoms with Crippen LogP contribution < -0.4 is 21.7 Å². The van der Waals surface area contributed by atoms with Crippen LogP contribution in [-0.2, 0) is 7.05 Å². The third-order valence-electron chi connectivity index (χ3n) is 2.31. The lowest BCUT2D eigenvalue weighted by molar-refractivity contribution is -0.717. The van der Waals surface area contributed by atoms with E-state index >= 15 is 0 Å². The van der Waals surface area contributed by atoms with Crippen LogP contribution >= 0.6 is 0 Å². The molecule has 15 heavy (non-hydrogen) atoms. The Balaban J connectivity index is 3.10. The van der Waals surface area contributed by atoms with E-state index in [1.54, 1.807) is 20.0 Å². The molecular weight excluding hydrogens is 194 g/mol. The number of rotatable bonds is 0. The molecular formula is C9H12N5O+. The molecule has 0 bridgehead atoms. The minimum absolute atomic E-state index is 0.223.